The summed E-state index contributed by atoms with van der Waals surface area (Å²) in [5.74, 6) is 3.60. The summed E-state index contributed by atoms with van der Waals surface area (Å²) in [4.78, 5) is 10.9. The van der Waals surface area contributed by atoms with Gasteiger partial charge in [-0.1, -0.05) is 14.4 Å². The van der Waals surface area contributed by atoms with Gasteiger partial charge in [0.15, 0.2) is 0 Å². The first-order chi connectivity index (χ1) is 6.66. The molecule has 6 unspecified atom stereocenters. The Morgan fingerprint density at radius 2 is 1.73 bits per heavy atom. The first-order valence-electron chi connectivity index (χ1n) is 5.89. The van der Waals surface area contributed by atoms with Crippen molar-refractivity contribution in [3.05, 3.63) is 0 Å². The maximum absolute atomic E-state index is 10.9. The molecule has 0 aromatic rings. The van der Waals surface area contributed by atoms with Crippen molar-refractivity contribution in [1.82, 2.24) is 0 Å². The third-order valence-electron chi connectivity index (χ3n) is 5.15. The van der Waals surface area contributed by atoms with Crippen LogP contribution in [0.1, 0.15) is 40.0 Å². The van der Waals surface area contributed by atoms with E-state index in [9.17, 15) is 4.79 Å². The third kappa shape index (κ3) is 1.41. The van der Waals surface area contributed by atoms with Crippen LogP contribution in [0.2, 0.25) is 0 Å². The largest absolute Gasteiger partial charge is 0.481 e. The SMILES string of the molecule is C.CC1CC2CC1C1CC(C(=O)O)CC21. The molecule has 15 heavy (non-hydrogen) atoms. The van der Waals surface area contributed by atoms with Gasteiger partial charge in [0.1, 0.15) is 0 Å². The zero-order valence-electron chi connectivity index (χ0n) is 8.65. The summed E-state index contributed by atoms with van der Waals surface area (Å²) in [6.07, 6.45) is 4.74. The Hall–Kier alpha value is -0.530. The molecule has 0 saturated heterocycles. The fourth-order valence-electron chi connectivity index (χ4n) is 4.62. The maximum Gasteiger partial charge on any atom is 0.306 e. The van der Waals surface area contributed by atoms with Crippen LogP contribution in [0.4, 0.5) is 0 Å². The van der Waals surface area contributed by atoms with Gasteiger partial charge in [0.05, 0.1) is 5.92 Å². The second-order valence-corrected chi connectivity index (χ2v) is 5.71. The van der Waals surface area contributed by atoms with E-state index in [1.165, 1.54) is 12.8 Å². The summed E-state index contributed by atoms with van der Waals surface area (Å²) in [6.45, 7) is 2.36. The Labute approximate surface area is 92.1 Å². The van der Waals surface area contributed by atoms with E-state index in [0.717, 1.165) is 42.4 Å². The van der Waals surface area contributed by atoms with Crippen molar-refractivity contribution < 1.29 is 9.90 Å². The lowest BCUT2D eigenvalue weighted by Crippen LogP contribution is -2.22. The Morgan fingerprint density at radius 3 is 2.40 bits per heavy atom. The minimum absolute atomic E-state index is 0. The van der Waals surface area contributed by atoms with Gasteiger partial charge in [0.25, 0.3) is 0 Å². The Bertz CT molecular complexity index is 274. The van der Waals surface area contributed by atoms with Crippen LogP contribution >= 0.6 is 0 Å². The van der Waals surface area contributed by atoms with Crippen molar-refractivity contribution in [2.75, 3.05) is 0 Å². The van der Waals surface area contributed by atoms with Crippen molar-refractivity contribution in [2.45, 2.75) is 40.0 Å². The van der Waals surface area contributed by atoms with Crippen LogP contribution < -0.4 is 0 Å². The van der Waals surface area contributed by atoms with Crippen molar-refractivity contribution in [1.29, 1.82) is 0 Å². The molecule has 3 aliphatic rings. The summed E-state index contributed by atoms with van der Waals surface area (Å²) in [5.41, 5.74) is 0. The predicted octanol–water partition coefficient (Wildman–Crippen LogP) is 3.03. The molecule has 0 aromatic heterocycles. The highest BCUT2D eigenvalue weighted by atomic mass is 16.4. The van der Waals surface area contributed by atoms with Crippen LogP contribution in [0.5, 0.6) is 0 Å². The first-order valence-corrected chi connectivity index (χ1v) is 5.89. The van der Waals surface area contributed by atoms with Gasteiger partial charge in [-0.3, -0.25) is 4.79 Å². The molecule has 0 amide bonds. The standard InChI is InChI=1S/C12H18O2.CH4/c1-6-2-7-3-9(6)11-5-8(12(13)14)4-10(7)11;/h6-11H,2-5H2,1H3,(H,13,14);1H4. The second-order valence-electron chi connectivity index (χ2n) is 5.71. The van der Waals surface area contributed by atoms with Crippen LogP contribution in [0.15, 0.2) is 0 Å². The van der Waals surface area contributed by atoms with Crippen LogP contribution in [0.3, 0.4) is 0 Å². The van der Waals surface area contributed by atoms with Crippen molar-refractivity contribution in [2.24, 2.45) is 35.5 Å². The number of rotatable bonds is 1. The molecule has 3 saturated carbocycles. The van der Waals surface area contributed by atoms with Gasteiger partial charge in [-0.2, -0.15) is 0 Å². The minimum Gasteiger partial charge on any atom is -0.481 e. The minimum atomic E-state index is -0.550. The molecule has 3 aliphatic carbocycles. The van der Waals surface area contributed by atoms with E-state index in [4.69, 9.17) is 5.11 Å². The Kier molecular flexibility index (Phi) is 2.56. The monoisotopic (exact) mass is 210 g/mol. The summed E-state index contributed by atoms with van der Waals surface area (Å²) >= 11 is 0. The highest BCUT2D eigenvalue weighted by molar-refractivity contribution is 5.70. The van der Waals surface area contributed by atoms with E-state index in [1.54, 1.807) is 0 Å². The number of hydrogen-bond donors (Lipinski definition) is 1. The highest BCUT2D eigenvalue weighted by Crippen LogP contribution is 2.61. The van der Waals surface area contributed by atoms with E-state index in [-0.39, 0.29) is 13.3 Å². The molecule has 1 N–H and O–H groups in total. The lowest BCUT2D eigenvalue weighted by Gasteiger charge is -2.28. The normalized spacial score (nSPS) is 51.3. The number of hydrogen-bond acceptors (Lipinski definition) is 1. The summed E-state index contributed by atoms with van der Waals surface area (Å²) in [7, 11) is 0. The summed E-state index contributed by atoms with van der Waals surface area (Å²) in [6, 6.07) is 0. The molecule has 0 aliphatic heterocycles. The molecule has 6 atom stereocenters. The lowest BCUT2D eigenvalue weighted by atomic mass is 9.77. The van der Waals surface area contributed by atoms with Crippen molar-refractivity contribution >= 4 is 5.97 Å². The van der Waals surface area contributed by atoms with Crippen molar-refractivity contribution in [3.63, 3.8) is 0 Å². The van der Waals surface area contributed by atoms with Gasteiger partial charge in [-0.25, -0.2) is 0 Å². The number of carboxylic acid groups (broad SMARTS) is 1. The molecule has 0 heterocycles. The molecule has 2 nitrogen and oxygen atoms in total. The van der Waals surface area contributed by atoms with Gasteiger partial charge < -0.3 is 5.11 Å². The smallest absolute Gasteiger partial charge is 0.306 e. The van der Waals surface area contributed by atoms with Gasteiger partial charge >= 0.3 is 5.97 Å². The number of fused-ring (bicyclic) bond motifs is 5. The quantitative estimate of drug-likeness (QED) is 0.722. The molecule has 3 rings (SSSR count). The van der Waals surface area contributed by atoms with E-state index >= 15 is 0 Å². The van der Waals surface area contributed by atoms with Gasteiger partial charge in [-0.05, 0) is 55.3 Å². The highest BCUT2D eigenvalue weighted by Gasteiger charge is 2.55. The molecule has 0 aromatic carbocycles. The molecule has 0 radical (unpaired) electrons. The second kappa shape index (κ2) is 3.50. The first kappa shape index (κ1) is 11.0. The van der Waals surface area contributed by atoms with Crippen LogP contribution in [-0.2, 0) is 4.79 Å². The third-order valence-corrected chi connectivity index (χ3v) is 5.15. The van der Waals surface area contributed by atoms with Crippen LogP contribution in [-0.4, -0.2) is 11.1 Å². The molecule has 2 heteroatoms. The molecule has 0 spiro atoms. The fourth-order valence-corrected chi connectivity index (χ4v) is 4.62. The molecular weight excluding hydrogens is 188 g/mol. The average molecular weight is 210 g/mol. The van der Waals surface area contributed by atoms with Crippen LogP contribution in [0.25, 0.3) is 0 Å². The summed E-state index contributed by atoms with van der Waals surface area (Å²) < 4.78 is 0. The summed E-state index contributed by atoms with van der Waals surface area (Å²) in [5, 5.41) is 9.03. The predicted molar refractivity (Wildman–Crippen MR) is 59.4 cm³/mol. The molecule has 86 valence electrons. The van der Waals surface area contributed by atoms with E-state index in [0.29, 0.717) is 0 Å². The van der Waals surface area contributed by atoms with E-state index in [2.05, 4.69) is 6.92 Å². The number of carbonyl (C=O) groups is 1. The zero-order valence-corrected chi connectivity index (χ0v) is 8.65. The Morgan fingerprint density at radius 1 is 1.07 bits per heavy atom. The lowest BCUT2D eigenvalue weighted by molar-refractivity contribution is -0.141. The maximum atomic E-state index is 10.9. The zero-order chi connectivity index (χ0) is 9.87. The topological polar surface area (TPSA) is 37.3 Å². The Balaban J connectivity index is 0.000000853. The molecule has 2 bridgehead atoms. The van der Waals surface area contributed by atoms with Gasteiger partial charge in [0, 0.05) is 0 Å². The molecule has 3 fully saturated rings. The number of carboxylic acids is 1. The molecular formula is C13H22O2. The van der Waals surface area contributed by atoms with E-state index < -0.39 is 5.97 Å². The van der Waals surface area contributed by atoms with E-state index in [1.807, 2.05) is 0 Å². The van der Waals surface area contributed by atoms with Crippen molar-refractivity contribution in [3.8, 4) is 0 Å². The fraction of sp³-hybridized carbons (Fsp3) is 0.923. The van der Waals surface area contributed by atoms with Gasteiger partial charge in [-0.15, -0.1) is 0 Å². The van der Waals surface area contributed by atoms with Crippen LogP contribution in [0, 0.1) is 35.5 Å². The number of aliphatic carboxylic acids is 1. The van der Waals surface area contributed by atoms with Gasteiger partial charge in [0.2, 0.25) is 0 Å². The average Bonchev–Trinajstić information content (AvgIpc) is 2.70.